The molecule has 0 spiro atoms. The number of para-hydroxylation sites is 1. The Kier molecular flexibility index (Phi) is 5.84. The minimum atomic E-state index is -0.496. The van der Waals surface area contributed by atoms with Crippen LogP contribution < -0.4 is 5.56 Å². The van der Waals surface area contributed by atoms with Crippen LogP contribution in [-0.2, 0) is 11.2 Å². The Morgan fingerprint density at radius 2 is 1.86 bits per heavy atom. The van der Waals surface area contributed by atoms with Crippen LogP contribution in [-0.4, -0.2) is 20.3 Å². The fourth-order valence-corrected chi connectivity index (χ4v) is 4.54. The number of benzene rings is 1. The Hall–Kier alpha value is -2.82. The molecule has 1 fully saturated rings. The average molecular weight is 389 g/mol. The van der Waals surface area contributed by atoms with Crippen molar-refractivity contribution in [3.63, 3.8) is 0 Å². The molecule has 1 aliphatic carbocycles. The van der Waals surface area contributed by atoms with Crippen molar-refractivity contribution in [1.29, 1.82) is 0 Å². The molecule has 0 N–H and O–H groups in total. The molecule has 3 aromatic rings. The van der Waals surface area contributed by atoms with Gasteiger partial charge in [-0.15, -0.1) is 0 Å². The second kappa shape index (κ2) is 8.68. The van der Waals surface area contributed by atoms with Gasteiger partial charge in [-0.25, -0.2) is 4.98 Å². The maximum absolute atomic E-state index is 13.4. The van der Waals surface area contributed by atoms with Crippen molar-refractivity contribution in [3.05, 3.63) is 70.5 Å². The number of ketones is 1. The number of aryl methyl sites for hydroxylation is 1. The number of pyridine rings is 1. The van der Waals surface area contributed by atoms with E-state index >= 15 is 0 Å². The number of hydrogen-bond acceptors (Lipinski definition) is 4. The van der Waals surface area contributed by atoms with Crippen LogP contribution in [0.3, 0.4) is 0 Å². The summed E-state index contributed by atoms with van der Waals surface area (Å²) in [4.78, 5) is 35.7. The second-order valence-electron chi connectivity index (χ2n) is 8.07. The molecule has 1 saturated carbocycles. The zero-order chi connectivity index (χ0) is 20.2. The van der Waals surface area contributed by atoms with Crippen LogP contribution in [0.1, 0.15) is 56.1 Å². The molecule has 0 bridgehead atoms. The molecule has 5 heteroatoms. The van der Waals surface area contributed by atoms with Gasteiger partial charge in [-0.05, 0) is 43.5 Å². The van der Waals surface area contributed by atoms with Crippen LogP contribution in [0.5, 0.6) is 0 Å². The molecule has 0 saturated heterocycles. The standard InChI is InChI=1S/C24H27N3O2/c1-17-26-21-13-6-5-12-20(21)24(29)27(17)22(15-18-9-3-2-4-10-18)23(28)16-19-11-7-8-14-25-19/h5-8,11-14,18,22H,2-4,9-10,15-16H2,1H3/t22-/m1/s1. The van der Waals surface area contributed by atoms with E-state index in [4.69, 9.17) is 0 Å². The molecule has 0 aliphatic heterocycles. The molecule has 0 amide bonds. The van der Waals surface area contributed by atoms with Crippen LogP contribution in [0, 0.1) is 12.8 Å². The molecule has 0 radical (unpaired) electrons. The summed E-state index contributed by atoms with van der Waals surface area (Å²) in [5.74, 6) is 1.11. The maximum Gasteiger partial charge on any atom is 0.262 e. The first-order valence-electron chi connectivity index (χ1n) is 10.5. The zero-order valence-corrected chi connectivity index (χ0v) is 16.9. The third kappa shape index (κ3) is 4.29. The van der Waals surface area contributed by atoms with Gasteiger partial charge < -0.3 is 0 Å². The summed E-state index contributed by atoms with van der Waals surface area (Å²) in [6.45, 7) is 1.83. The van der Waals surface area contributed by atoms with Gasteiger partial charge in [0, 0.05) is 11.9 Å². The molecule has 5 nitrogen and oxygen atoms in total. The summed E-state index contributed by atoms with van der Waals surface area (Å²) in [6.07, 6.45) is 8.56. The van der Waals surface area contributed by atoms with Crippen molar-refractivity contribution < 1.29 is 4.79 Å². The summed E-state index contributed by atoms with van der Waals surface area (Å²) in [7, 11) is 0. The largest absolute Gasteiger partial charge is 0.297 e. The summed E-state index contributed by atoms with van der Waals surface area (Å²) in [6, 6.07) is 12.5. The topological polar surface area (TPSA) is 64.8 Å². The van der Waals surface area contributed by atoms with E-state index in [9.17, 15) is 9.59 Å². The first-order valence-corrected chi connectivity index (χ1v) is 10.5. The molecule has 1 aliphatic rings. The van der Waals surface area contributed by atoms with E-state index in [0.717, 1.165) is 18.5 Å². The fourth-order valence-electron chi connectivity index (χ4n) is 4.54. The lowest BCUT2D eigenvalue weighted by Crippen LogP contribution is -2.35. The molecule has 29 heavy (non-hydrogen) atoms. The molecule has 2 aromatic heterocycles. The fraction of sp³-hybridized carbons (Fsp3) is 0.417. The van der Waals surface area contributed by atoms with Crippen LogP contribution in [0.4, 0.5) is 0 Å². The van der Waals surface area contributed by atoms with Crippen molar-refractivity contribution in [1.82, 2.24) is 14.5 Å². The van der Waals surface area contributed by atoms with Gasteiger partial charge in [0.15, 0.2) is 5.78 Å². The first-order chi connectivity index (χ1) is 14.1. The number of carbonyl (C=O) groups is 1. The Morgan fingerprint density at radius 1 is 1.10 bits per heavy atom. The number of aromatic nitrogens is 3. The number of fused-ring (bicyclic) bond motifs is 1. The minimum Gasteiger partial charge on any atom is -0.297 e. The van der Waals surface area contributed by atoms with Gasteiger partial charge in [0.2, 0.25) is 0 Å². The first kappa shape index (κ1) is 19.5. The van der Waals surface area contributed by atoms with Crippen molar-refractivity contribution >= 4 is 16.7 Å². The third-order valence-electron chi connectivity index (χ3n) is 6.03. The van der Waals surface area contributed by atoms with Crippen LogP contribution in [0.15, 0.2) is 53.5 Å². The van der Waals surface area contributed by atoms with Crippen molar-refractivity contribution in [3.8, 4) is 0 Å². The van der Waals surface area contributed by atoms with Gasteiger partial charge in [0.25, 0.3) is 5.56 Å². The summed E-state index contributed by atoms with van der Waals surface area (Å²) in [5.41, 5.74) is 1.30. The Morgan fingerprint density at radius 3 is 2.62 bits per heavy atom. The lowest BCUT2D eigenvalue weighted by atomic mass is 9.83. The predicted molar refractivity (Wildman–Crippen MR) is 114 cm³/mol. The van der Waals surface area contributed by atoms with Crippen molar-refractivity contribution in [2.45, 2.75) is 57.9 Å². The second-order valence-corrected chi connectivity index (χ2v) is 8.07. The number of carbonyl (C=O) groups excluding carboxylic acids is 1. The van der Waals surface area contributed by atoms with E-state index in [1.807, 2.05) is 43.3 Å². The van der Waals surface area contributed by atoms with Gasteiger partial charge in [-0.3, -0.25) is 19.1 Å². The molecule has 1 atom stereocenters. The van der Waals surface area contributed by atoms with Gasteiger partial charge in [0.05, 0.1) is 23.4 Å². The van der Waals surface area contributed by atoms with Gasteiger partial charge in [-0.2, -0.15) is 0 Å². The Bertz CT molecular complexity index is 1050. The summed E-state index contributed by atoms with van der Waals surface area (Å²) in [5, 5.41) is 0.567. The Balaban J connectivity index is 1.74. The van der Waals surface area contributed by atoms with E-state index in [0.29, 0.717) is 29.1 Å². The third-order valence-corrected chi connectivity index (χ3v) is 6.03. The van der Waals surface area contributed by atoms with Gasteiger partial charge in [0.1, 0.15) is 5.82 Å². The maximum atomic E-state index is 13.4. The molecule has 4 rings (SSSR count). The Labute approximate surface area is 170 Å². The number of rotatable bonds is 6. The molecular formula is C24H27N3O2. The normalized spacial score (nSPS) is 16.0. The summed E-state index contributed by atoms with van der Waals surface area (Å²) < 4.78 is 1.64. The molecule has 2 heterocycles. The van der Waals surface area contributed by atoms with Crippen LogP contribution in [0.2, 0.25) is 0 Å². The highest BCUT2D eigenvalue weighted by Gasteiger charge is 2.28. The van der Waals surface area contributed by atoms with Gasteiger partial charge >= 0.3 is 0 Å². The van der Waals surface area contributed by atoms with E-state index in [1.165, 1.54) is 19.3 Å². The molecular weight excluding hydrogens is 362 g/mol. The lowest BCUT2D eigenvalue weighted by molar-refractivity contribution is -0.122. The van der Waals surface area contributed by atoms with Crippen molar-refractivity contribution in [2.24, 2.45) is 5.92 Å². The zero-order valence-electron chi connectivity index (χ0n) is 16.9. The highest BCUT2D eigenvalue weighted by molar-refractivity contribution is 5.85. The number of Topliss-reactive ketones (excluding diaryl/α,β-unsaturated/α-hetero) is 1. The monoisotopic (exact) mass is 389 g/mol. The smallest absolute Gasteiger partial charge is 0.262 e. The lowest BCUT2D eigenvalue weighted by Gasteiger charge is -2.28. The van der Waals surface area contributed by atoms with Crippen molar-refractivity contribution in [2.75, 3.05) is 0 Å². The molecule has 150 valence electrons. The average Bonchev–Trinajstić information content (AvgIpc) is 2.74. The predicted octanol–water partition coefficient (Wildman–Crippen LogP) is 4.42. The highest BCUT2D eigenvalue weighted by atomic mass is 16.1. The van der Waals surface area contributed by atoms with E-state index in [1.54, 1.807) is 16.8 Å². The number of nitrogens with zero attached hydrogens (tertiary/aromatic N) is 3. The van der Waals surface area contributed by atoms with Gasteiger partial charge in [-0.1, -0.05) is 50.3 Å². The minimum absolute atomic E-state index is 0.0385. The van der Waals surface area contributed by atoms with Crippen LogP contribution >= 0.6 is 0 Å². The highest BCUT2D eigenvalue weighted by Crippen LogP contribution is 2.32. The van der Waals surface area contributed by atoms with E-state index in [-0.39, 0.29) is 17.8 Å². The SMILES string of the molecule is Cc1nc2ccccc2c(=O)n1[C@H](CC1CCCCC1)C(=O)Cc1ccccn1. The summed E-state index contributed by atoms with van der Waals surface area (Å²) >= 11 is 0. The van der Waals surface area contributed by atoms with E-state index < -0.39 is 6.04 Å². The van der Waals surface area contributed by atoms with Crippen LogP contribution in [0.25, 0.3) is 10.9 Å². The number of hydrogen-bond donors (Lipinski definition) is 0. The molecule has 0 unspecified atom stereocenters. The van der Waals surface area contributed by atoms with E-state index in [2.05, 4.69) is 9.97 Å². The quantitative estimate of drug-likeness (QED) is 0.626. The molecule has 1 aromatic carbocycles.